The molecule has 202 valence electrons. The van der Waals surface area contributed by atoms with E-state index in [0.29, 0.717) is 15.7 Å². The van der Waals surface area contributed by atoms with E-state index in [1.54, 1.807) is 18.2 Å². The molecule has 4 aromatic rings. The molecular weight excluding hydrogens is 572 g/mol. The summed E-state index contributed by atoms with van der Waals surface area (Å²) in [4.78, 5) is 38.7. The van der Waals surface area contributed by atoms with E-state index < -0.39 is 12.1 Å². The van der Waals surface area contributed by atoms with Crippen LogP contribution in [0.4, 0.5) is 10.5 Å². The molecule has 0 atom stereocenters. The molecule has 4 aromatic carbocycles. The molecular formula is C32H27BrN2O5. The molecule has 0 aliphatic heterocycles. The SMILES string of the molecule is O=C(O)CCN(Cc1ccccc1)C(=O)c1ccc(NC(=O)OCC2c3ccccc3-c3ccccc32)c(Br)c1. The van der Waals surface area contributed by atoms with Gasteiger partial charge in [0.1, 0.15) is 6.61 Å². The number of aliphatic carboxylic acids is 1. The van der Waals surface area contributed by atoms with Crippen molar-refractivity contribution in [3.05, 3.63) is 124 Å². The molecule has 2 amide bonds. The zero-order valence-electron chi connectivity index (χ0n) is 21.5. The van der Waals surface area contributed by atoms with Crippen LogP contribution in [0.5, 0.6) is 0 Å². The molecule has 0 aromatic heterocycles. The van der Waals surface area contributed by atoms with Crippen LogP contribution in [0.3, 0.4) is 0 Å². The third-order valence-electron chi connectivity index (χ3n) is 6.90. The minimum Gasteiger partial charge on any atom is -0.481 e. The number of amides is 2. The number of carboxylic acids is 1. The van der Waals surface area contributed by atoms with Gasteiger partial charge in [0, 0.05) is 29.0 Å². The number of carboxylic acid groups (broad SMARTS) is 1. The molecule has 0 bridgehead atoms. The van der Waals surface area contributed by atoms with Crippen molar-refractivity contribution >= 4 is 39.6 Å². The van der Waals surface area contributed by atoms with Gasteiger partial charge in [-0.1, -0.05) is 78.9 Å². The fourth-order valence-electron chi connectivity index (χ4n) is 4.96. The number of benzene rings is 4. The van der Waals surface area contributed by atoms with E-state index in [-0.39, 0.29) is 37.9 Å². The number of carbonyl (C=O) groups excluding carboxylic acids is 2. The van der Waals surface area contributed by atoms with E-state index in [2.05, 4.69) is 45.5 Å². The molecule has 2 N–H and O–H groups in total. The Hall–Kier alpha value is -4.43. The molecule has 8 heteroatoms. The normalized spacial score (nSPS) is 11.8. The van der Waals surface area contributed by atoms with Crippen LogP contribution in [0.25, 0.3) is 11.1 Å². The van der Waals surface area contributed by atoms with E-state index >= 15 is 0 Å². The van der Waals surface area contributed by atoms with Gasteiger partial charge in [-0.15, -0.1) is 0 Å². The monoisotopic (exact) mass is 598 g/mol. The third-order valence-corrected chi connectivity index (χ3v) is 7.55. The Labute approximate surface area is 240 Å². The highest BCUT2D eigenvalue weighted by molar-refractivity contribution is 9.10. The summed E-state index contributed by atoms with van der Waals surface area (Å²) in [5.74, 6) is -1.34. The van der Waals surface area contributed by atoms with E-state index in [4.69, 9.17) is 9.84 Å². The van der Waals surface area contributed by atoms with Crippen LogP contribution >= 0.6 is 15.9 Å². The highest BCUT2D eigenvalue weighted by atomic mass is 79.9. The molecule has 1 aliphatic rings. The van der Waals surface area contributed by atoms with Gasteiger partial charge in [-0.3, -0.25) is 14.9 Å². The maximum atomic E-state index is 13.3. The lowest BCUT2D eigenvalue weighted by molar-refractivity contribution is -0.137. The van der Waals surface area contributed by atoms with Gasteiger partial charge in [0.2, 0.25) is 0 Å². The van der Waals surface area contributed by atoms with Crippen LogP contribution < -0.4 is 5.32 Å². The number of hydrogen-bond acceptors (Lipinski definition) is 4. The second-order valence-corrected chi connectivity index (χ2v) is 10.4. The van der Waals surface area contributed by atoms with E-state index in [1.165, 1.54) is 4.90 Å². The second kappa shape index (κ2) is 12.2. The minimum absolute atomic E-state index is 0.0528. The fourth-order valence-corrected chi connectivity index (χ4v) is 5.44. The standard InChI is InChI=1S/C32H27BrN2O5/c33-28-18-22(31(38)35(17-16-30(36)37)19-21-8-2-1-3-9-21)14-15-29(28)34-32(39)40-20-27-25-12-6-4-10-23(25)24-11-5-7-13-26(24)27/h1-15,18,27H,16-17,19-20H2,(H,34,39)(H,36,37). The van der Waals surface area contributed by atoms with Gasteiger partial charge >= 0.3 is 12.1 Å². The molecule has 40 heavy (non-hydrogen) atoms. The van der Waals surface area contributed by atoms with Gasteiger partial charge in [0.15, 0.2) is 0 Å². The first-order valence-electron chi connectivity index (χ1n) is 12.9. The van der Waals surface area contributed by atoms with Gasteiger partial charge in [0.05, 0.1) is 12.1 Å². The summed E-state index contributed by atoms with van der Waals surface area (Å²) in [6.07, 6.45) is -0.768. The van der Waals surface area contributed by atoms with E-state index in [1.807, 2.05) is 54.6 Å². The molecule has 0 heterocycles. The molecule has 7 nitrogen and oxygen atoms in total. The molecule has 1 aliphatic carbocycles. The maximum Gasteiger partial charge on any atom is 0.411 e. The molecule has 0 radical (unpaired) electrons. The van der Waals surface area contributed by atoms with Crippen LogP contribution in [-0.2, 0) is 16.1 Å². The highest BCUT2D eigenvalue weighted by Crippen LogP contribution is 2.44. The van der Waals surface area contributed by atoms with Crippen LogP contribution in [0.2, 0.25) is 0 Å². The summed E-state index contributed by atoms with van der Waals surface area (Å²) in [6.45, 7) is 0.539. The number of carbonyl (C=O) groups is 3. The number of ether oxygens (including phenoxy) is 1. The van der Waals surface area contributed by atoms with Crippen molar-refractivity contribution in [2.75, 3.05) is 18.5 Å². The first-order chi connectivity index (χ1) is 19.4. The van der Waals surface area contributed by atoms with Gasteiger partial charge in [-0.25, -0.2) is 4.79 Å². The Morgan fingerprint density at radius 1 is 0.850 bits per heavy atom. The predicted molar refractivity (Wildman–Crippen MR) is 156 cm³/mol. The smallest absolute Gasteiger partial charge is 0.411 e. The lowest BCUT2D eigenvalue weighted by Gasteiger charge is -2.23. The van der Waals surface area contributed by atoms with Gasteiger partial charge in [-0.05, 0) is 61.9 Å². The molecule has 0 fully saturated rings. The Morgan fingerprint density at radius 3 is 2.10 bits per heavy atom. The van der Waals surface area contributed by atoms with Crippen LogP contribution in [-0.4, -0.2) is 41.1 Å². The molecule has 0 unspecified atom stereocenters. The molecule has 5 rings (SSSR count). The van der Waals surface area contributed by atoms with E-state index in [0.717, 1.165) is 27.8 Å². The molecule has 0 saturated carbocycles. The number of nitrogens with one attached hydrogen (secondary N) is 1. The predicted octanol–water partition coefficient (Wildman–Crippen LogP) is 6.93. The topological polar surface area (TPSA) is 95.9 Å². The Kier molecular flexibility index (Phi) is 8.26. The lowest BCUT2D eigenvalue weighted by atomic mass is 9.98. The highest BCUT2D eigenvalue weighted by Gasteiger charge is 2.29. The van der Waals surface area contributed by atoms with Crippen molar-refractivity contribution in [2.24, 2.45) is 0 Å². The lowest BCUT2D eigenvalue weighted by Crippen LogP contribution is -2.32. The Balaban J connectivity index is 1.25. The number of hydrogen-bond donors (Lipinski definition) is 2. The van der Waals surface area contributed by atoms with Crippen LogP contribution in [0.1, 0.15) is 39.4 Å². The average Bonchev–Trinajstić information content (AvgIpc) is 3.29. The van der Waals surface area contributed by atoms with Crippen molar-refractivity contribution in [3.8, 4) is 11.1 Å². The van der Waals surface area contributed by atoms with Crippen molar-refractivity contribution in [1.29, 1.82) is 0 Å². The maximum absolute atomic E-state index is 13.3. The molecule has 0 saturated heterocycles. The van der Waals surface area contributed by atoms with Crippen molar-refractivity contribution in [3.63, 3.8) is 0 Å². The summed E-state index contributed by atoms with van der Waals surface area (Å²) in [5.41, 5.74) is 6.28. The largest absolute Gasteiger partial charge is 0.481 e. The summed E-state index contributed by atoms with van der Waals surface area (Å²) in [7, 11) is 0. The summed E-state index contributed by atoms with van der Waals surface area (Å²) < 4.78 is 6.14. The fraction of sp³-hybridized carbons (Fsp3) is 0.156. The first kappa shape index (κ1) is 27.1. The number of nitrogens with zero attached hydrogens (tertiary/aromatic N) is 1. The zero-order chi connectivity index (χ0) is 28.1. The van der Waals surface area contributed by atoms with Crippen LogP contribution in [0, 0.1) is 0 Å². The van der Waals surface area contributed by atoms with Crippen molar-refractivity contribution < 1.29 is 24.2 Å². The Morgan fingerprint density at radius 2 is 1.48 bits per heavy atom. The number of rotatable bonds is 9. The van der Waals surface area contributed by atoms with Gasteiger partial charge in [-0.2, -0.15) is 0 Å². The van der Waals surface area contributed by atoms with Gasteiger partial charge < -0.3 is 14.7 Å². The summed E-state index contributed by atoms with van der Waals surface area (Å²) in [5, 5.41) is 11.9. The second-order valence-electron chi connectivity index (χ2n) is 9.50. The minimum atomic E-state index is -0.977. The van der Waals surface area contributed by atoms with Gasteiger partial charge in [0.25, 0.3) is 5.91 Å². The molecule has 0 spiro atoms. The van der Waals surface area contributed by atoms with E-state index in [9.17, 15) is 14.4 Å². The van der Waals surface area contributed by atoms with Crippen molar-refractivity contribution in [1.82, 2.24) is 4.90 Å². The Bertz CT molecular complexity index is 1510. The number of anilines is 1. The first-order valence-corrected chi connectivity index (χ1v) is 13.7. The number of fused-ring (bicyclic) bond motifs is 3. The summed E-state index contributed by atoms with van der Waals surface area (Å²) >= 11 is 3.45. The zero-order valence-corrected chi connectivity index (χ0v) is 23.1. The van der Waals surface area contributed by atoms with Crippen molar-refractivity contribution in [2.45, 2.75) is 18.9 Å². The summed E-state index contributed by atoms with van der Waals surface area (Å²) in [6, 6.07) is 30.5. The quantitative estimate of drug-likeness (QED) is 0.218. The average molecular weight is 599 g/mol. The third kappa shape index (κ3) is 6.07. The number of halogens is 1. The van der Waals surface area contributed by atoms with Crippen LogP contribution in [0.15, 0.2) is 102 Å².